The van der Waals surface area contributed by atoms with E-state index in [1.807, 2.05) is 0 Å². The van der Waals surface area contributed by atoms with E-state index in [0.717, 1.165) is 25.3 Å². The van der Waals surface area contributed by atoms with Crippen LogP contribution >= 0.6 is 11.8 Å². The second kappa shape index (κ2) is 5.69. The summed E-state index contributed by atoms with van der Waals surface area (Å²) < 4.78 is 13.5. The van der Waals surface area contributed by atoms with Gasteiger partial charge in [0, 0.05) is 5.25 Å². The van der Waals surface area contributed by atoms with Crippen LogP contribution in [0.5, 0.6) is 0 Å². The van der Waals surface area contributed by atoms with Gasteiger partial charge in [-0.1, -0.05) is 25.8 Å². The SMILES string of the molecule is CC1CCCC(Sc2cccc(F)c2[N+](=O)[O-])C1. The Kier molecular flexibility index (Phi) is 4.22. The number of thioether (sulfide) groups is 1. The molecule has 3 nitrogen and oxygen atoms in total. The summed E-state index contributed by atoms with van der Waals surface area (Å²) in [5, 5.41) is 11.3. The van der Waals surface area contributed by atoms with Crippen LogP contribution in [0.4, 0.5) is 10.1 Å². The maximum absolute atomic E-state index is 13.5. The summed E-state index contributed by atoms with van der Waals surface area (Å²) in [6.45, 7) is 2.20. The van der Waals surface area contributed by atoms with Crippen LogP contribution in [0, 0.1) is 21.8 Å². The molecule has 2 rings (SSSR count). The lowest BCUT2D eigenvalue weighted by Crippen LogP contribution is -2.15. The second-order valence-electron chi connectivity index (χ2n) is 4.86. The van der Waals surface area contributed by atoms with Gasteiger partial charge in [-0.05, 0) is 30.9 Å². The lowest BCUT2D eigenvalue weighted by atomic mass is 9.91. The molecule has 1 aromatic carbocycles. The number of nitro groups is 1. The molecule has 0 amide bonds. The van der Waals surface area contributed by atoms with Crippen molar-refractivity contribution in [3.05, 3.63) is 34.1 Å². The van der Waals surface area contributed by atoms with E-state index in [1.165, 1.54) is 24.2 Å². The largest absolute Gasteiger partial charge is 0.318 e. The summed E-state index contributed by atoms with van der Waals surface area (Å²) in [5.74, 6) is -0.0854. The Balaban J connectivity index is 2.18. The van der Waals surface area contributed by atoms with E-state index in [2.05, 4.69) is 6.92 Å². The van der Waals surface area contributed by atoms with Crippen molar-refractivity contribution in [3.63, 3.8) is 0 Å². The summed E-state index contributed by atoms with van der Waals surface area (Å²) in [7, 11) is 0. The second-order valence-corrected chi connectivity index (χ2v) is 6.20. The highest BCUT2D eigenvalue weighted by atomic mass is 32.2. The highest BCUT2D eigenvalue weighted by molar-refractivity contribution is 8.00. The average Bonchev–Trinajstić information content (AvgIpc) is 2.28. The lowest BCUT2D eigenvalue weighted by Gasteiger charge is -2.26. The smallest absolute Gasteiger partial charge is 0.258 e. The van der Waals surface area contributed by atoms with Crippen LogP contribution in [-0.2, 0) is 0 Å². The Morgan fingerprint density at radius 3 is 2.89 bits per heavy atom. The minimum absolute atomic E-state index is 0.370. The summed E-state index contributed by atoms with van der Waals surface area (Å²) in [6.07, 6.45) is 4.49. The van der Waals surface area contributed by atoms with Gasteiger partial charge in [0.2, 0.25) is 5.82 Å². The van der Waals surface area contributed by atoms with E-state index in [-0.39, 0.29) is 5.69 Å². The zero-order chi connectivity index (χ0) is 13.1. The molecule has 0 heterocycles. The number of nitro benzene ring substituents is 1. The van der Waals surface area contributed by atoms with Gasteiger partial charge in [0.1, 0.15) is 0 Å². The molecule has 2 atom stereocenters. The van der Waals surface area contributed by atoms with Crippen LogP contribution in [0.3, 0.4) is 0 Å². The molecule has 18 heavy (non-hydrogen) atoms. The number of benzene rings is 1. The van der Waals surface area contributed by atoms with E-state index in [1.54, 1.807) is 6.07 Å². The first-order valence-electron chi connectivity index (χ1n) is 6.17. The molecule has 0 saturated heterocycles. The molecule has 1 aliphatic rings. The molecule has 1 saturated carbocycles. The predicted molar refractivity (Wildman–Crippen MR) is 70.3 cm³/mol. The van der Waals surface area contributed by atoms with Crippen molar-refractivity contribution in [2.45, 2.75) is 42.8 Å². The van der Waals surface area contributed by atoms with Gasteiger partial charge in [-0.3, -0.25) is 10.1 Å². The fourth-order valence-electron chi connectivity index (χ4n) is 2.43. The van der Waals surface area contributed by atoms with Crippen LogP contribution in [-0.4, -0.2) is 10.2 Å². The highest BCUT2D eigenvalue weighted by Gasteiger charge is 2.25. The molecule has 1 aliphatic carbocycles. The summed E-state index contributed by atoms with van der Waals surface area (Å²) >= 11 is 1.46. The Morgan fingerprint density at radius 1 is 1.44 bits per heavy atom. The third-order valence-electron chi connectivity index (χ3n) is 3.31. The summed E-state index contributed by atoms with van der Waals surface area (Å²) in [5.41, 5.74) is -0.374. The molecule has 0 aliphatic heterocycles. The van der Waals surface area contributed by atoms with Gasteiger partial charge < -0.3 is 0 Å². The number of nitrogens with zero attached hydrogens (tertiary/aromatic N) is 1. The first-order valence-corrected chi connectivity index (χ1v) is 7.05. The lowest BCUT2D eigenvalue weighted by molar-refractivity contribution is -0.390. The van der Waals surface area contributed by atoms with Gasteiger partial charge in [0.25, 0.3) is 0 Å². The fraction of sp³-hybridized carbons (Fsp3) is 0.538. The van der Waals surface area contributed by atoms with E-state index >= 15 is 0 Å². The standard InChI is InChI=1S/C13H16FNO2S/c1-9-4-2-5-10(8-9)18-12-7-3-6-11(14)13(12)15(16)17/h3,6-7,9-10H,2,4-5,8H2,1H3. The van der Waals surface area contributed by atoms with E-state index < -0.39 is 10.7 Å². The van der Waals surface area contributed by atoms with Crippen molar-refractivity contribution < 1.29 is 9.31 Å². The van der Waals surface area contributed by atoms with E-state index in [4.69, 9.17) is 0 Å². The summed E-state index contributed by atoms with van der Waals surface area (Å²) in [4.78, 5) is 10.7. The van der Waals surface area contributed by atoms with Crippen LogP contribution in [0.2, 0.25) is 0 Å². The maximum atomic E-state index is 13.5. The topological polar surface area (TPSA) is 43.1 Å². The Labute approximate surface area is 110 Å². The number of hydrogen-bond donors (Lipinski definition) is 0. The third-order valence-corrected chi connectivity index (χ3v) is 4.66. The molecule has 0 aromatic heterocycles. The monoisotopic (exact) mass is 269 g/mol. The van der Waals surface area contributed by atoms with Gasteiger partial charge in [0.15, 0.2) is 0 Å². The molecule has 5 heteroatoms. The molecule has 0 radical (unpaired) electrons. The molecule has 0 N–H and O–H groups in total. The maximum Gasteiger partial charge on any atom is 0.318 e. The Hall–Kier alpha value is -1.10. The normalized spacial score (nSPS) is 23.9. The first kappa shape index (κ1) is 13.3. The number of rotatable bonds is 3. The number of halogens is 1. The molecule has 1 aromatic rings. The van der Waals surface area contributed by atoms with Crippen molar-refractivity contribution in [2.75, 3.05) is 0 Å². The van der Waals surface area contributed by atoms with E-state index in [9.17, 15) is 14.5 Å². The van der Waals surface area contributed by atoms with Gasteiger partial charge in [-0.15, -0.1) is 11.8 Å². The van der Waals surface area contributed by atoms with Crippen LogP contribution < -0.4 is 0 Å². The van der Waals surface area contributed by atoms with Gasteiger partial charge in [0.05, 0.1) is 9.82 Å². The zero-order valence-electron chi connectivity index (χ0n) is 10.3. The molecule has 0 bridgehead atoms. The van der Waals surface area contributed by atoms with Gasteiger partial charge in [-0.25, -0.2) is 0 Å². The van der Waals surface area contributed by atoms with Crippen molar-refractivity contribution >= 4 is 17.4 Å². The van der Waals surface area contributed by atoms with Crippen LogP contribution in [0.1, 0.15) is 32.6 Å². The average molecular weight is 269 g/mol. The van der Waals surface area contributed by atoms with Gasteiger partial charge >= 0.3 is 5.69 Å². The summed E-state index contributed by atoms with van der Waals surface area (Å²) in [6, 6.07) is 4.33. The van der Waals surface area contributed by atoms with Crippen molar-refractivity contribution in [1.29, 1.82) is 0 Å². The van der Waals surface area contributed by atoms with E-state index in [0.29, 0.717) is 16.1 Å². The quantitative estimate of drug-likeness (QED) is 0.603. The van der Waals surface area contributed by atoms with Crippen LogP contribution in [0.25, 0.3) is 0 Å². The molecule has 98 valence electrons. The van der Waals surface area contributed by atoms with Crippen LogP contribution in [0.15, 0.2) is 23.1 Å². The van der Waals surface area contributed by atoms with Gasteiger partial charge in [-0.2, -0.15) is 4.39 Å². The van der Waals surface area contributed by atoms with Crippen molar-refractivity contribution in [2.24, 2.45) is 5.92 Å². The number of hydrogen-bond acceptors (Lipinski definition) is 3. The number of para-hydroxylation sites is 1. The zero-order valence-corrected chi connectivity index (χ0v) is 11.1. The van der Waals surface area contributed by atoms with Crippen molar-refractivity contribution in [3.8, 4) is 0 Å². The minimum Gasteiger partial charge on any atom is -0.258 e. The van der Waals surface area contributed by atoms with Crippen molar-refractivity contribution in [1.82, 2.24) is 0 Å². The fourth-order valence-corrected chi connectivity index (χ4v) is 3.94. The molecule has 0 spiro atoms. The predicted octanol–water partition coefficient (Wildman–Crippen LogP) is 4.40. The molecule has 1 fully saturated rings. The molecule has 2 unspecified atom stereocenters. The third kappa shape index (κ3) is 3.02. The minimum atomic E-state index is -0.742. The molecular weight excluding hydrogens is 253 g/mol. The molecular formula is C13H16FNO2S. The Bertz CT molecular complexity index is 453. The Morgan fingerprint density at radius 2 is 2.22 bits per heavy atom. The highest BCUT2D eigenvalue weighted by Crippen LogP contribution is 2.40. The first-order chi connectivity index (χ1) is 8.58.